The first-order chi connectivity index (χ1) is 9.73. The fourth-order valence-corrected chi connectivity index (χ4v) is 2.03. The Morgan fingerprint density at radius 2 is 1.90 bits per heavy atom. The van der Waals surface area contributed by atoms with Crippen LogP contribution in [0.4, 0.5) is 4.79 Å². The van der Waals surface area contributed by atoms with E-state index in [1.165, 1.54) is 0 Å². The van der Waals surface area contributed by atoms with E-state index in [1.54, 1.807) is 27.7 Å². The van der Waals surface area contributed by atoms with Gasteiger partial charge in [0.2, 0.25) is 0 Å². The third kappa shape index (κ3) is 5.97. The molecule has 1 rings (SSSR count). The van der Waals surface area contributed by atoms with Crippen LogP contribution in [-0.2, 0) is 19.1 Å². The summed E-state index contributed by atoms with van der Waals surface area (Å²) in [5.74, 6) is -0.471. The van der Waals surface area contributed by atoms with E-state index in [-0.39, 0.29) is 25.4 Å². The van der Waals surface area contributed by atoms with E-state index < -0.39 is 17.7 Å². The van der Waals surface area contributed by atoms with Gasteiger partial charge in [0.15, 0.2) is 5.78 Å². The van der Waals surface area contributed by atoms with Crippen LogP contribution in [0.5, 0.6) is 0 Å². The number of hydrogen-bond donors (Lipinski definition) is 1. The van der Waals surface area contributed by atoms with E-state index in [9.17, 15) is 14.4 Å². The van der Waals surface area contributed by atoms with Crippen LogP contribution in [0.3, 0.4) is 0 Å². The third-order valence-electron chi connectivity index (χ3n) is 2.89. The molecule has 0 aromatic carbocycles. The van der Waals surface area contributed by atoms with Gasteiger partial charge in [-0.3, -0.25) is 9.59 Å². The highest BCUT2D eigenvalue weighted by molar-refractivity contribution is 6.02. The van der Waals surface area contributed by atoms with Crippen molar-refractivity contribution in [2.45, 2.75) is 52.6 Å². The molecule has 1 N–H and O–H groups in total. The molecule has 0 aromatic heterocycles. The predicted octanol–water partition coefficient (Wildman–Crippen LogP) is 2.12. The van der Waals surface area contributed by atoms with Gasteiger partial charge < -0.3 is 14.8 Å². The van der Waals surface area contributed by atoms with Gasteiger partial charge in [-0.25, -0.2) is 4.79 Å². The van der Waals surface area contributed by atoms with Gasteiger partial charge in [-0.1, -0.05) is 0 Å². The molecule has 0 atom stereocenters. The number of ketones is 1. The first-order valence-corrected chi connectivity index (χ1v) is 7.09. The van der Waals surface area contributed by atoms with Crippen molar-refractivity contribution in [1.82, 2.24) is 5.32 Å². The summed E-state index contributed by atoms with van der Waals surface area (Å²) >= 11 is 0. The summed E-state index contributed by atoms with van der Waals surface area (Å²) in [7, 11) is 0. The minimum atomic E-state index is -0.572. The molecule has 0 fully saturated rings. The summed E-state index contributed by atoms with van der Waals surface area (Å²) in [5.41, 5.74) is 0.668. The lowest BCUT2D eigenvalue weighted by molar-refractivity contribution is -0.142. The van der Waals surface area contributed by atoms with Crippen molar-refractivity contribution in [2.24, 2.45) is 0 Å². The van der Waals surface area contributed by atoms with E-state index in [0.29, 0.717) is 18.4 Å². The smallest absolute Gasteiger partial charge is 0.407 e. The van der Waals surface area contributed by atoms with Crippen LogP contribution in [0.15, 0.2) is 11.1 Å². The summed E-state index contributed by atoms with van der Waals surface area (Å²) in [6.45, 7) is 7.54. The molecule has 0 saturated carbocycles. The molecule has 0 unspecified atom stereocenters. The van der Waals surface area contributed by atoms with Gasteiger partial charge in [0.1, 0.15) is 5.60 Å². The van der Waals surface area contributed by atoms with Gasteiger partial charge in [0, 0.05) is 18.5 Å². The molecule has 118 valence electrons. The van der Waals surface area contributed by atoms with Crippen molar-refractivity contribution >= 4 is 17.8 Å². The molecular weight excluding hydrogens is 274 g/mol. The maximum Gasteiger partial charge on any atom is 0.407 e. The number of amides is 1. The number of alkyl carbamates (subject to hydrolysis) is 1. The van der Waals surface area contributed by atoms with Crippen molar-refractivity contribution in [1.29, 1.82) is 0 Å². The third-order valence-corrected chi connectivity index (χ3v) is 2.89. The van der Waals surface area contributed by atoms with Crippen LogP contribution in [-0.4, -0.2) is 36.6 Å². The Bertz CT molecular complexity index is 459. The van der Waals surface area contributed by atoms with Crippen LogP contribution in [0, 0.1) is 0 Å². The molecule has 0 aromatic rings. The van der Waals surface area contributed by atoms with E-state index in [4.69, 9.17) is 9.47 Å². The highest BCUT2D eigenvalue weighted by atomic mass is 16.6. The number of nitrogens with one attached hydrogen (secondary N) is 1. The largest absolute Gasteiger partial charge is 0.466 e. The Hall–Kier alpha value is -1.85. The zero-order chi connectivity index (χ0) is 16.0. The first-order valence-electron chi connectivity index (χ1n) is 7.09. The highest BCUT2D eigenvalue weighted by Gasteiger charge is 2.26. The second-order valence-electron chi connectivity index (χ2n) is 5.84. The first kappa shape index (κ1) is 17.2. The van der Waals surface area contributed by atoms with Gasteiger partial charge in [-0.05, 0) is 39.7 Å². The quantitative estimate of drug-likeness (QED) is 0.786. The van der Waals surface area contributed by atoms with Gasteiger partial charge in [-0.2, -0.15) is 0 Å². The van der Waals surface area contributed by atoms with Crippen molar-refractivity contribution in [2.75, 3.05) is 13.2 Å². The molecule has 6 nitrogen and oxygen atoms in total. The summed E-state index contributed by atoms with van der Waals surface area (Å²) < 4.78 is 9.98. The number of Topliss-reactive ketones (excluding diaryl/α,β-unsaturated/α-hetero) is 1. The molecule has 0 aliphatic heterocycles. The SMILES string of the molecule is CCOC(=O)CC1=C(CNC(=O)OC(C)(C)C)CCC1=O. The normalized spacial score (nSPS) is 15.1. The standard InChI is InChI=1S/C15H23NO5/c1-5-20-13(18)8-11-10(6-7-12(11)17)9-16-14(19)21-15(2,3)4/h5-9H2,1-4H3,(H,16,19). The second kappa shape index (κ2) is 7.24. The molecule has 0 radical (unpaired) electrons. The molecule has 1 aliphatic carbocycles. The molecule has 6 heteroatoms. The number of carbonyl (C=O) groups is 3. The average Bonchev–Trinajstić information content (AvgIpc) is 2.66. The lowest BCUT2D eigenvalue weighted by Crippen LogP contribution is -2.33. The molecular formula is C15H23NO5. The zero-order valence-electron chi connectivity index (χ0n) is 13.1. The number of carbonyl (C=O) groups excluding carboxylic acids is 3. The average molecular weight is 297 g/mol. The Labute approximate surface area is 124 Å². The number of rotatable bonds is 5. The molecule has 0 heterocycles. The molecule has 1 aliphatic rings. The monoisotopic (exact) mass is 297 g/mol. The number of ether oxygens (including phenoxy) is 2. The molecule has 0 saturated heterocycles. The Kier molecular flexibility index (Phi) is 5.93. The van der Waals surface area contributed by atoms with Gasteiger partial charge >= 0.3 is 12.1 Å². The van der Waals surface area contributed by atoms with Crippen LogP contribution >= 0.6 is 0 Å². The molecule has 0 spiro atoms. The topological polar surface area (TPSA) is 81.7 Å². The minimum Gasteiger partial charge on any atom is -0.466 e. The van der Waals surface area contributed by atoms with E-state index >= 15 is 0 Å². The van der Waals surface area contributed by atoms with E-state index in [0.717, 1.165) is 5.57 Å². The maximum absolute atomic E-state index is 11.8. The van der Waals surface area contributed by atoms with Gasteiger partial charge in [0.25, 0.3) is 0 Å². The van der Waals surface area contributed by atoms with E-state index in [1.807, 2.05) is 0 Å². The Morgan fingerprint density at radius 1 is 1.24 bits per heavy atom. The van der Waals surface area contributed by atoms with Crippen molar-refractivity contribution in [3.8, 4) is 0 Å². The van der Waals surface area contributed by atoms with E-state index in [2.05, 4.69) is 5.32 Å². The van der Waals surface area contributed by atoms with Crippen LogP contribution in [0.25, 0.3) is 0 Å². The lowest BCUT2D eigenvalue weighted by atomic mass is 10.1. The zero-order valence-corrected chi connectivity index (χ0v) is 13.1. The second-order valence-corrected chi connectivity index (χ2v) is 5.84. The number of hydrogen-bond acceptors (Lipinski definition) is 5. The minimum absolute atomic E-state index is 0.0298. The van der Waals surface area contributed by atoms with Crippen LogP contribution in [0.2, 0.25) is 0 Å². The Morgan fingerprint density at radius 3 is 2.48 bits per heavy atom. The Balaban J connectivity index is 2.61. The highest BCUT2D eigenvalue weighted by Crippen LogP contribution is 2.25. The molecule has 21 heavy (non-hydrogen) atoms. The summed E-state index contributed by atoms with van der Waals surface area (Å²) in [5, 5.41) is 2.61. The molecule has 1 amide bonds. The van der Waals surface area contributed by atoms with Crippen molar-refractivity contribution in [3.63, 3.8) is 0 Å². The van der Waals surface area contributed by atoms with Gasteiger partial charge in [0.05, 0.1) is 13.0 Å². The summed E-state index contributed by atoms with van der Waals surface area (Å²) in [4.78, 5) is 34.9. The van der Waals surface area contributed by atoms with Gasteiger partial charge in [-0.15, -0.1) is 0 Å². The fourth-order valence-electron chi connectivity index (χ4n) is 2.03. The fraction of sp³-hybridized carbons (Fsp3) is 0.667. The lowest BCUT2D eigenvalue weighted by Gasteiger charge is -2.20. The summed E-state index contributed by atoms with van der Waals surface area (Å²) in [6, 6.07) is 0. The predicted molar refractivity (Wildman–Crippen MR) is 76.8 cm³/mol. The van der Waals surface area contributed by atoms with Crippen molar-refractivity contribution in [3.05, 3.63) is 11.1 Å². The van der Waals surface area contributed by atoms with Crippen LogP contribution < -0.4 is 5.32 Å². The summed E-state index contributed by atoms with van der Waals surface area (Å²) in [6.07, 6.45) is 0.367. The maximum atomic E-state index is 11.8. The van der Waals surface area contributed by atoms with Crippen molar-refractivity contribution < 1.29 is 23.9 Å². The molecule has 0 bridgehead atoms. The number of esters is 1. The van der Waals surface area contributed by atoms with Crippen LogP contribution in [0.1, 0.15) is 47.0 Å².